The maximum absolute atomic E-state index is 11.9. The number of rotatable bonds is 4. The van der Waals surface area contributed by atoms with Crippen molar-refractivity contribution in [2.75, 3.05) is 0 Å². The van der Waals surface area contributed by atoms with Crippen molar-refractivity contribution in [1.29, 1.82) is 5.26 Å². The predicted octanol–water partition coefficient (Wildman–Crippen LogP) is 1.66. The number of nitrogens with one attached hydrogen (secondary N) is 1. The molecule has 1 rings (SSSR count). The molecule has 4 nitrogen and oxygen atoms in total. The standard InChI is InChI=1S/C11H12N2O2S/c1-7-5-10(16-6-7)11(15)9(3-4-12)13-8(2)14/h5-6,9H,3H2,1-2H3,(H,13,14). The Hall–Kier alpha value is -1.67. The number of carbonyl (C=O) groups excluding carboxylic acids is 2. The minimum absolute atomic E-state index is 0.00460. The summed E-state index contributed by atoms with van der Waals surface area (Å²) in [4.78, 5) is 23.4. The summed E-state index contributed by atoms with van der Waals surface area (Å²) < 4.78 is 0. The molecule has 0 saturated heterocycles. The molecule has 0 bridgehead atoms. The van der Waals surface area contributed by atoms with Crippen LogP contribution in [0.15, 0.2) is 11.4 Å². The molecule has 0 aromatic carbocycles. The Kier molecular flexibility index (Phi) is 4.20. The zero-order valence-corrected chi connectivity index (χ0v) is 9.93. The summed E-state index contributed by atoms with van der Waals surface area (Å²) in [6.07, 6.45) is -0.00460. The predicted molar refractivity (Wildman–Crippen MR) is 61.2 cm³/mol. The van der Waals surface area contributed by atoms with Gasteiger partial charge in [-0.25, -0.2) is 0 Å². The van der Waals surface area contributed by atoms with Gasteiger partial charge in [-0.2, -0.15) is 5.26 Å². The van der Waals surface area contributed by atoms with Gasteiger partial charge >= 0.3 is 0 Å². The number of aryl methyl sites for hydroxylation is 1. The minimum Gasteiger partial charge on any atom is -0.345 e. The lowest BCUT2D eigenvalue weighted by Gasteiger charge is -2.11. The summed E-state index contributed by atoms with van der Waals surface area (Å²) in [7, 11) is 0. The highest BCUT2D eigenvalue weighted by atomic mass is 32.1. The molecule has 0 spiro atoms. The van der Waals surface area contributed by atoms with Crippen LogP contribution >= 0.6 is 11.3 Å². The van der Waals surface area contributed by atoms with E-state index in [1.54, 1.807) is 6.07 Å². The molecule has 1 unspecified atom stereocenters. The van der Waals surface area contributed by atoms with Crippen LogP contribution in [0.5, 0.6) is 0 Å². The van der Waals surface area contributed by atoms with E-state index in [9.17, 15) is 9.59 Å². The monoisotopic (exact) mass is 236 g/mol. The number of thiophene rings is 1. The summed E-state index contributed by atoms with van der Waals surface area (Å²) in [5.41, 5.74) is 1.01. The van der Waals surface area contributed by atoms with Crippen molar-refractivity contribution in [1.82, 2.24) is 5.32 Å². The number of nitriles is 1. The lowest BCUT2D eigenvalue weighted by molar-refractivity contribution is -0.119. The number of nitrogens with zero attached hydrogens (tertiary/aromatic N) is 1. The molecule has 1 amide bonds. The number of amides is 1. The Morgan fingerprint density at radius 1 is 1.62 bits per heavy atom. The summed E-state index contributed by atoms with van der Waals surface area (Å²) in [5.74, 6) is -0.503. The lowest BCUT2D eigenvalue weighted by Crippen LogP contribution is -2.39. The Morgan fingerprint density at radius 3 is 2.75 bits per heavy atom. The molecule has 1 N–H and O–H groups in total. The fourth-order valence-electron chi connectivity index (χ4n) is 1.28. The number of hydrogen-bond donors (Lipinski definition) is 1. The van der Waals surface area contributed by atoms with E-state index in [4.69, 9.17) is 5.26 Å². The first-order valence-corrected chi connectivity index (χ1v) is 5.66. The first-order chi connectivity index (χ1) is 7.54. The quantitative estimate of drug-likeness (QED) is 0.808. The summed E-state index contributed by atoms with van der Waals surface area (Å²) in [6.45, 7) is 3.22. The minimum atomic E-state index is -0.736. The molecular weight excluding hydrogens is 224 g/mol. The lowest BCUT2D eigenvalue weighted by atomic mass is 10.1. The van der Waals surface area contributed by atoms with Crippen molar-refractivity contribution >= 4 is 23.0 Å². The summed E-state index contributed by atoms with van der Waals surface area (Å²) in [6, 6.07) is 2.93. The second-order valence-electron chi connectivity index (χ2n) is 3.47. The van der Waals surface area contributed by atoms with Crippen molar-refractivity contribution in [3.05, 3.63) is 21.9 Å². The summed E-state index contributed by atoms with van der Waals surface area (Å²) in [5, 5.41) is 12.9. The van der Waals surface area contributed by atoms with Gasteiger partial charge in [0, 0.05) is 6.92 Å². The van der Waals surface area contributed by atoms with Gasteiger partial charge in [0.1, 0.15) is 6.04 Å². The zero-order valence-electron chi connectivity index (χ0n) is 9.11. The molecule has 1 heterocycles. The smallest absolute Gasteiger partial charge is 0.217 e. The average molecular weight is 236 g/mol. The highest BCUT2D eigenvalue weighted by Gasteiger charge is 2.21. The zero-order chi connectivity index (χ0) is 12.1. The largest absolute Gasteiger partial charge is 0.345 e. The maximum Gasteiger partial charge on any atom is 0.217 e. The maximum atomic E-state index is 11.9. The van der Waals surface area contributed by atoms with Crippen LogP contribution in [-0.2, 0) is 4.79 Å². The van der Waals surface area contributed by atoms with Crippen molar-refractivity contribution in [3.8, 4) is 6.07 Å². The van der Waals surface area contributed by atoms with Gasteiger partial charge in [0.05, 0.1) is 17.4 Å². The van der Waals surface area contributed by atoms with Gasteiger partial charge in [-0.1, -0.05) is 0 Å². The SMILES string of the molecule is CC(=O)NC(CC#N)C(=O)c1cc(C)cs1. The molecule has 1 atom stereocenters. The molecule has 1 aromatic heterocycles. The summed E-state index contributed by atoms with van der Waals surface area (Å²) >= 11 is 1.33. The van der Waals surface area contributed by atoms with Gasteiger partial charge in [-0.3, -0.25) is 9.59 Å². The molecular formula is C11H12N2O2S. The van der Waals surface area contributed by atoms with E-state index < -0.39 is 6.04 Å². The highest BCUT2D eigenvalue weighted by molar-refractivity contribution is 7.12. The number of carbonyl (C=O) groups is 2. The Bertz CT molecular complexity index is 445. The van der Waals surface area contributed by atoms with Crippen LogP contribution in [0.25, 0.3) is 0 Å². The van der Waals surface area contributed by atoms with E-state index in [0.717, 1.165) is 5.56 Å². The third kappa shape index (κ3) is 3.17. The molecule has 0 aliphatic rings. The van der Waals surface area contributed by atoms with E-state index in [2.05, 4.69) is 5.32 Å². The second-order valence-corrected chi connectivity index (χ2v) is 4.38. The van der Waals surface area contributed by atoms with Crippen molar-refractivity contribution in [3.63, 3.8) is 0 Å². The van der Waals surface area contributed by atoms with Crippen LogP contribution in [-0.4, -0.2) is 17.7 Å². The number of ketones is 1. The third-order valence-corrected chi connectivity index (χ3v) is 3.03. The Labute approximate surface area is 97.9 Å². The third-order valence-electron chi connectivity index (χ3n) is 1.96. The Balaban J connectivity index is 2.83. The van der Waals surface area contributed by atoms with Crippen molar-refractivity contribution in [2.24, 2.45) is 0 Å². The average Bonchev–Trinajstić information content (AvgIpc) is 2.62. The number of Topliss-reactive ketones (excluding diaryl/α,β-unsaturated/α-hetero) is 1. The molecule has 0 fully saturated rings. The van der Waals surface area contributed by atoms with Crippen LogP contribution in [0.3, 0.4) is 0 Å². The fourth-order valence-corrected chi connectivity index (χ4v) is 2.17. The van der Waals surface area contributed by atoms with Crippen LogP contribution in [0, 0.1) is 18.3 Å². The van der Waals surface area contributed by atoms with Crippen molar-refractivity contribution in [2.45, 2.75) is 26.3 Å². The van der Waals surface area contributed by atoms with Gasteiger partial charge in [0.15, 0.2) is 5.78 Å². The van der Waals surface area contributed by atoms with E-state index in [0.29, 0.717) is 4.88 Å². The van der Waals surface area contributed by atoms with Crippen LogP contribution in [0.2, 0.25) is 0 Å². The van der Waals surface area contributed by atoms with E-state index >= 15 is 0 Å². The van der Waals surface area contributed by atoms with Crippen LogP contribution in [0.4, 0.5) is 0 Å². The molecule has 0 saturated carbocycles. The topological polar surface area (TPSA) is 70.0 Å². The molecule has 0 radical (unpaired) electrons. The highest BCUT2D eigenvalue weighted by Crippen LogP contribution is 2.16. The molecule has 16 heavy (non-hydrogen) atoms. The van der Waals surface area contributed by atoms with Gasteiger partial charge in [0.25, 0.3) is 0 Å². The fraction of sp³-hybridized carbons (Fsp3) is 0.364. The van der Waals surface area contributed by atoms with E-state index in [-0.39, 0.29) is 18.1 Å². The van der Waals surface area contributed by atoms with Gasteiger partial charge in [-0.15, -0.1) is 11.3 Å². The molecule has 84 valence electrons. The van der Waals surface area contributed by atoms with Gasteiger partial charge in [-0.05, 0) is 23.9 Å². The van der Waals surface area contributed by atoms with Gasteiger partial charge < -0.3 is 5.32 Å². The van der Waals surface area contributed by atoms with E-state index in [1.807, 2.05) is 18.4 Å². The molecule has 5 heteroatoms. The Morgan fingerprint density at radius 2 is 2.31 bits per heavy atom. The van der Waals surface area contributed by atoms with Crippen LogP contribution < -0.4 is 5.32 Å². The van der Waals surface area contributed by atoms with E-state index in [1.165, 1.54) is 18.3 Å². The van der Waals surface area contributed by atoms with Crippen molar-refractivity contribution < 1.29 is 9.59 Å². The van der Waals surface area contributed by atoms with Crippen LogP contribution in [0.1, 0.15) is 28.6 Å². The normalized spacial score (nSPS) is 11.6. The first kappa shape index (κ1) is 12.4. The molecule has 0 aliphatic carbocycles. The first-order valence-electron chi connectivity index (χ1n) is 4.78. The molecule has 0 aliphatic heterocycles. The number of hydrogen-bond acceptors (Lipinski definition) is 4. The second kappa shape index (κ2) is 5.42. The van der Waals surface area contributed by atoms with Gasteiger partial charge in [0.2, 0.25) is 5.91 Å². The molecule has 1 aromatic rings.